The van der Waals surface area contributed by atoms with Crippen LogP contribution in [0.1, 0.15) is 302 Å². The monoisotopic (exact) mass is 1590 g/mol. The zero-order valence-corrected chi connectivity index (χ0v) is 71.3. The second kappa shape index (κ2) is 48.7. The van der Waals surface area contributed by atoms with Gasteiger partial charge in [-0.15, -0.1) is 0 Å². The Morgan fingerprint density at radius 2 is 0.585 bits per heavy atom. The summed E-state index contributed by atoms with van der Waals surface area (Å²) >= 11 is 0. The van der Waals surface area contributed by atoms with Crippen LogP contribution >= 0.6 is 0 Å². The van der Waals surface area contributed by atoms with Crippen LogP contribution in [-0.2, 0) is 0 Å². The fourth-order valence-electron chi connectivity index (χ4n) is 15.2. The Balaban J connectivity index is 1.13. The van der Waals surface area contributed by atoms with Crippen LogP contribution in [-0.4, -0.2) is 70.7 Å². The number of fused-ring (bicyclic) bond motifs is 8. The Morgan fingerprint density at radius 3 is 0.915 bits per heavy atom. The van der Waals surface area contributed by atoms with Crippen LogP contribution in [0, 0.1) is 23.7 Å². The Bertz CT molecular complexity index is 4760. The van der Waals surface area contributed by atoms with Gasteiger partial charge in [-0.2, -0.15) is 0 Å². The van der Waals surface area contributed by atoms with Crippen LogP contribution in [0.3, 0.4) is 0 Å². The van der Waals surface area contributed by atoms with E-state index in [2.05, 4.69) is 220 Å². The van der Waals surface area contributed by atoms with Gasteiger partial charge in [0, 0.05) is 50.3 Å². The van der Waals surface area contributed by atoms with Gasteiger partial charge in [-0.3, -0.25) is 0 Å². The van der Waals surface area contributed by atoms with Crippen LogP contribution in [0.2, 0.25) is 0 Å². The molecule has 118 heavy (non-hydrogen) atoms. The van der Waals surface area contributed by atoms with Crippen molar-refractivity contribution in [1.82, 2.24) is 19.9 Å². The lowest BCUT2D eigenvalue weighted by Gasteiger charge is -2.26. The molecule has 0 unspecified atom stereocenters. The van der Waals surface area contributed by atoms with Crippen LogP contribution < -0.4 is 33.3 Å². The molecule has 0 saturated heterocycles. The summed E-state index contributed by atoms with van der Waals surface area (Å²) in [7, 11) is 0. The largest absolute Gasteiger partial charge is 0.494 e. The van der Waals surface area contributed by atoms with Crippen molar-refractivity contribution in [2.75, 3.05) is 44.5 Å². The number of aromatic carboxylic acids is 1. The average Bonchev–Trinajstić information content (AvgIpc) is 1.59. The molecule has 0 spiro atoms. The van der Waals surface area contributed by atoms with E-state index in [1.807, 2.05) is 18.2 Å². The number of rotatable bonds is 50. The van der Waals surface area contributed by atoms with Crippen molar-refractivity contribution < 1.29 is 38.3 Å². The number of hydrogen-bond acceptors (Lipinski definition) is 10. The first-order chi connectivity index (χ1) is 58.2. The highest BCUT2D eigenvalue weighted by molar-refractivity contribution is 5.99. The van der Waals surface area contributed by atoms with Gasteiger partial charge in [-0.1, -0.05) is 244 Å². The molecule has 3 N–H and O–H groups in total. The second-order valence-corrected chi connectivity index (χ2v) is 31.3. The van der Waals surface area contributed by atoms with E-state index in [1.165, 1.54) is 103 Å². The fourth-order valence-corrected chi connectivity index (χ4v) is 15.2. The van der Waals surface area contributed by atoms with Gasteiger partial charge >= 0.3 is 5.97 Å². The maximum atomic E-state index is 12.1. The summed E-state index contributed by atoms with van der Waals surface area (Å²) in [6.07, 6.45) is 44.4. The number of carbonyl (C=O) groups is 1. The topological polar surface area (TPSA) is 153 Å². The zero-order valence-electron chi connectivity index (χ0n) is 71.3. The number of aromatic nitrogens is 4. The molecule has 0 aliphatic carbocycles. The van der Waals surface area contributed by atoms with E-state index in [9.17, 15) is 9.90 Å². The summed E-state index contributed by atoms with van der Waals surface area (Å²) in [6, 6.07) is 52.7. The lowest BCUT2D eigenvalue weighted by molar-refractivity contribution is 0.0696. The standard InChI is InChI=1S/C105H127N5O8/c1-7-13-19-25-29-35-75-115-97-41-39-42-98(116-76-36-30-26-20-14-8-2)103(97)101-93-69-65-89(106-93)87(63-49-79-45-51-81(52-46-79)105(111)112)90-66-70-94(107-90)102(104-99(117-77-37-31-27-21-15-9-3)43-40-44-100(104)118-78-38-32-28-22-16-10-4)96-72-68-92(109-96)88(91-67-71-95(101)108-91)64-50-80-47-53-82(54-48-80)110(83-55-59-85(60-56-83)113-73-33-23-17-11-5)84-57-61-86(62-58-84)114-74-34-24-18-12-6/h39-48,51-62,65-72,106,109H,7-38,73-78H2,1-6H3,(H,111,112). The van der Waals surface area contributed by atoms with Crippen LogP contribution in [0.25, 0.3) is 68.6 Å². The van der Waals surface area contributed by atoms with E-state index in [-0.39, 0.29) is 5.56 Å². The van der Waals surface area contributed by atoms with Gasteiger partial charge < -0.3 is 48.4 Å². The molecule has 0 amide bonds. The minimum absolute atomic E-state index is 0.180. The molecule has 0 fully saturated rings. The molecule has 620 valence electrons. The van der Waals surface area contributed by atoms with Crippen molar-refractivity contribution >= 4 is 69.4 Å². The van der Waals surface area contributed by atoms with Crippen molar-refractivity contribution in [3.63, 3.8) is 0 Å². The highest BCUT2D eigenvalue weighted by atomic mass is 16.5. The number of carboxylic acid groups (broad SMARTS) is 1. The first-order valence-corrected chi connectivity index (χ1v) is 44.9. The van der Waals surface area contributed by atoms with Crippen LogP contribution in [0.5, 0.6) is 34.5 Å². The lowest BCUT2D eigenvalue weighted by atomic mass is 10.0. The van der Waals surface area contributed by atoms with Gasteiger partial charge in [0.15, 0.2) is 0 Å². The molecule has 2 aliphatic heterocycles. The minimum atomic E-state index is -1.00. The number of anilines is 3. The van der Waals surface area contributed by atoms with E-state index in [0.29, 0.717) is 108 Å². The zero-order chi connectivity index (χ0) is 82.1. The lowest BCUT2D eigenvalue weighted by Crippen LogP contribution is -2.10. The van der Waals surface area contributed by atoms with Crippen molar-refractivity contribution in [3.8, 4) is 80.4 Å². The predicted molar refractivity (Wildman–Crippen MR) is 491 cm³/mol. The molecule has 9 aromatic rings. The van der Waals surface area contributed by atoms with Gasteiger partial charge in [0.05, 0.1) is 101 Å². The van der Waals surface area contributed by atoms with Gasteiger partial charge in [-0.05, 0) is 208 Å². The number of nitrogens with zero attached hydrogens (tertiary/aromatic N) is 3. The molecule has 3 aromatic heterocycles. The smallest absolute Gasteiger partial charge is 0.335 e. The number of aromatic amines is 2. The molecule has 13 heteroatoms. The Kier molecular flexibility index (Phi) is 36.3. The summed E-state index contributed by atoms with van der Waals surface area (Å²) < 4.78 is 40.6. The third-order valence-corrected chi connectivity index (χ3v) is 21.9. The molecule has 2 aliphatic rings. The van der Waals surface area contributed by atoms with E-state index in [1.54, 1.807) is 24.3 Å². The average molecular weight is 1590 g/mol. The molecule has 6 aromatic carbocycles. The SMILES string of the molecule is CCCCCCCCOc1cccc(OCCCCCCCC)c1-c1c2nc(c(C#Cc3ccc(N(c4ccc(OCCCCCC)cc4)c4ccc(OCCCCCC)cc4)cc3)c3ccc([nH]3)c(-c3c(OCCCCCCCC)cccc3OCCCCCCCC)c3nc(c(C#Cc4ccc(C(=O)O)cc4)c4ccc1[nH]4)C=C3)C=C2. The molecule has 11 rings (SSSR count). The minimum Gasteiger partial charge on any atom is -0.494 e. The molecule has 13 nitrogen and oxygen atoms in total. The first-order valence-electron chi connectivity index (χ1n) is 44.9. The van der Waals surface area contributed by atoms with E-state index in [0.717, 1.165) is 176 Å². The number of nitrogens with one attached hydrogen (secondary N) is 2. The quantitative estimate of drug-likeness (QED) is 0.0247. The summed E-state index contributed by atoms with van der Waals surface area (Å²) in [6.45, 7) is 17.0. The third-order valence-electron chi connectivity index (χ3n) is 21.9. The molecule has 0 saturated carbocycles. The molecule has 5 heterocycles. The molecular weight excluding hydrogens is 1460 g/mol. The number of ether oxygens (including phenoxy) is 6. The van der Waals surface area contributed by atoms with Gasteiger partial charge in [0.25, 0.3) is 0 Å². The summed E-state index contributed by atoms with van der Waals surface area (Å²) in [5, 5.41) is 9.95. The molecular formula is C105H127N5O8. The third kappa shape index (κ3) is 26.1. The number of benzene rings is 6. The normalized spacial score (nSPS) is 11.4. The van der Waals surface area contributed by atoms with Gasteiger partial charge in [0.1, 0.15) is 34.5 Å². The summed E-state index contributed by atoms with van der Waals surface area (Å²) in [4.78, 5) is 33.8. The number of hydrogen-bond donors (Lipinski definition) is 3. The Hall–Kier alpha value is -10.9. The molecule has 8 bridgehead atoms. The van der Waals surface area contributed by atoms with E-state index < -0.39 is 5.97 Å². The predicted octanol–water partition coefficient (Wildman–Crippen LogP) is 28.8. The Labute approximate surface area is 703 Å². The fraction of sp³-hybridized carbons (Fsp3) is 0.419. The molecule has 0 atom stereocenters. The Morgan fingerprint density at radius 1 is 0.305 bits per heavy atom. The van der Waals surface area contributed by atoms with Crippen molar-refractivity contribution in [2.24, 2.45) is 0 Å². The summed E-state index contributed by atoms with van der Waals surface area (Å²) in [5.74, 6) is 17.9. The van der Waals surface area contributed by atoms with Crippen molar-refractivity contribution in [2.45, 2.75) is 247 Å². The van der Waals surface area contributed by atoms with Crippen LogP contribution in [0.15, 0.2) is 158 Å². The van der Waals surface area contributed by atoms with E-state index >= 15 is 0 Å². The second-order valence-electron chi connectivity index (χ2n) is 31.3. The highest BCUT2D eigenvalue weighted by Crippen LogP contribution is 2.46. The van der Waals surface area contributed by atoms with E-state index in [4.69, 9.17) is 38.4 Å². The highest BCUT2D eigenvalue weighted by Gasteiger charge is 2.26. The summed E-state index contributed by atoms with van der Waals surface area (Å²) in [5.41, 5.74) is 14.6. The maximum Gasteiger partial charge on any atom is 0.335 e. The number of unbranched alkanes of at least 4 members (excludes halogenated alkanes) is 26. The maximum absolute atomic E-state index is 12.1. The van der Waals surface area contributed by atoms with Crippen LogP contribution in [0.4, 0.5) is 17.1 Å². The van der Waals surface area contributed by atoms with Crippen molar-refractivity contribution in [1.29, 1.82) is 0 Å². The number of H-pyrrole nitrogens is 2. The first kappa shape index (κ1) is 87.9. The van der Waals surface area contributed by atoms with Gasteiger partial charge in [-0.25, -0.2) is 14.8 Å². The number of carboxylic acids is 1. The van der Waals surface area contributed by atoms with Gasteiger partial charge in [0.2, 0.25) is 0 Å². The molecule has 0 radical (unpaired) electrons. The van der Waals surface area contributed by atoms with Crippen molar-refractivity contribution in [3.05, 3.63) is 208 Å².